The fourth-order valence-corrected chi connectivity index (χ4v) is 2.85. The van der Waals surface area contributed by atoms with Gasteiger partial charge in [0.05, 0.1) is 0 Å². The monoisotopic (exact) mass is 363 g/mol. The molecule has 2 aromatic carbocycles. The summed E-state index contributed by atoms with van der Waals surface area (Å²) in [6.45, 7) is 6.38. The van der Waals surface area contributed by atoms with Crippen LogP contribution in [-0.4, -0.2) is 4.99 Å². The Labute approximate surface area is 139 Å². The predicted molar refractivity (Wildman–Crippen MR) is 95.4 cm³/mol. The lowest BCUT2D eigenvalue weighted by atomic mass is 10.0. The largest absolute Gasteiger partial charge is 0.457 e. The van der Waals surface area contributed by atoms with Crippen LogP contribution in [0.4, 0.5) is 0 Å². The second-order valence-corrected chi connectivity index (χ2v) is 6.58. The first-order chi connectivity index (χ1) is 9.88. The van der Waals surface area contributed by atoms with Crippen LogP contribution in [0.5, 0.6) is 11.5 Å². The van der Waals surface area contributed by atoms with E-state index in [1.807, 2.05) is 25.1 Å². The average molecular weight is 364 g/mol. The van der Waals surface area contributed by atoms with Crippen LogP contribution in [0.25, 0.3) is 0 Å². The second-order valence-electron chi connectivity index (χ2n) is 5.29. The summed E-state index contributed by atoms with van der Waals surface area (Å²) in [4.78, 5) is 0.367. The Balaban J connectivity index is 2.32. The molecule has 0 bridgehead atoms. The molecule has 4 heteroatoms. The Morgan fingerprint density at radius 2 is 1.90 bits per heavy atom. The minimum Gasteiger partial charge on any atom is -0.457 e. The molecule has 0 aliphatic rings. The first-order valence-corrected chi connectivity index (χ1v) is 7.96. The lowest BCUT2D eigenvalue weighted by Gasteiger charge is -2.13. The quantitative estimate of drug-likeness (QED) is 0.747. The standard InChI is InChI=1S/C17H18BrNOS/c1-10(2)12-5-4-11(3)16(8-12)20-13-6-7-14(17(19)21)15(18)9-13/h4-10H,1-3H3,(H2,19,21). The van der Waals surface area contributed by atoms with Crippen LogP contribution in [0.15, 0.2) is 40.9 Å². The second kappa shape index (κ2) is 6.58. The zero-order valence-corrected chi connectivity index (χ0v) is 14.7. The molecule has 2 nitrogen and oxygen atoms in total. The molecule has 0 amide bonds. The van der Waals surface area contributed by atoms with Crippen molar-refractivity contribution in [1.82, 2.24) is 0 Å². The summed E-state index contributed by atoms with van der Waals surface area (Å²) in [6, 6.07) is 11.9. The van der Waals surface area contributed by atoms with Crippen LogP contribution < -0.4 is 10.5 Å². The molecule has 0 aromatic heterocycles. The van der Waals surface area contributed by atoms with Crippen LogP contribution >= 0.6 is 28.1 Å². The molecule has 0 heterocycles. The Bertz CT molecular complexity index is 682. The van der Waals surface area contributed by atoms with Crippen LogP contribution in [0, 0.1) is 6.92 Å². The third-order valence-corrected chi connectivity index (χ3v) is 4.19. The van der Waals surface area contributed by atoms with Crippen molar-refractivity contribution in [1.29, 1.82) is 0 Å². The van der Waals surface area contributed by atoms with Crippen molar-refractivity contribution < 1.29 is 4.74 Å². The van der Waals surface area contributed by atoms with E-state index in [-0.39, 0.29) is 0 Å². The van der Waals surface area contributed by atoms with Gasteiger partial charge in [-0.25, -0.2) is 0 Å². The van der Waals surface area contributed by atoms with E-state index >= 15 is 0 Å². The third kappa shape index (κ3) is 3.83. The summed E-state index contributed by atoms with van der Waals surface area (Å²) < 4.78 is 6.84. The fourth-order valence-electron chi connectivity index (χ4n) is 1.97. The van der Waals surface area contributed by atoms with Crippen LogP contribution in [0.1, 0.15) is 36.5 Å². The normalized spacial score (nSPS) is 10.7. The van der Waals surface area contributed by atoms with Gasteiger partial charge in [0.2, 0.25) is 0 Å². The molecule has 0 radical (unpaired) electrons. The lowest BCUT2D eigenvalue weighted by Crippen LogP contribution is -2.09. The zero-order valence-electron chi connectivity index (χ0n) is 12.3. The predicted octanol–water partition coefficient (Wildman–Crippen LogP) is 5.31. The van der Waals surface area contributed by atoms with Gasteiger partial charge in [0.1, 0.15) is 16.5 Å². The fraction of sp³-hybridized carbons (Fsp3) is 0.235. The molecule has 0 fully saturated rings. The molecule has 0 aliphatic heterocycles. The number of hydrogen-bond acceptors (Lipinski definition) is 2. The molecule has 0 spiro atoms. The summed E-state index contributed by atoms with van der Waals surface area (Å²) in [5.74, 6) is 2.10. The zero-order chi connectivity index (χ0) is 15.6. The van der Waals surface area contributed by atoms with E-state index in [2.05, 4.69) is 48.0 Å². The molecule has 2 rings (SSSR count). The van der Waals surface area contributed by atoms with E-state index in [1.165, 1.54) is 5.56 Å². The van der Waals surface area contributed by atoms with Crippen molar-refractivity contribution in [2.45, 2.75) is 26.7 Å². The molecule has 21 heavy (non-hydrogen) atoms. The number of thiocarbonyl (C=S) groups is 1. The van der Waals surface area contributed by atoms with Gasteiger partial charge in [-0.1, -0.05) is 38.2 Å². The van der Waals surface area contributed by atoms with Crippen LogP contribution in [-0.2, 0) is 0 Å². The molecule has 0 atom stereocenters. The maximum absolute atomic E-state index is 6.00. The molecule has 0 unspecified atom stereocenters. The number of rotatable bonds is 4. The highest BCUT2D eigenvalue weighted by Crippen LogP contribution is 2.31. The Hall–Kier alpha value is -1.39. The topological polar surface area (TPSA) is 35.2 Å². The first-order valence-electron chi connectivity index (χ1n) is 6.76. The van der Waals surface area contributed by atoms with Crippen LogP contribution in [0.3, 0.4) is 0 Å². The molecule has 0 saturated heterocycles. The minimum absolute atomic E-state index is 0.367. The van der Waals surface area contributed by atoms with E-state index in [0.717, 1.165) is 27.1 Å². The lowest BCUT2D eigenvalue weighted by molar-refractivity contribution is 0.477. The van der Waals surface area contributed by atoms with Crippen molar-refractivity contribution in [3.05, 3.63) is 57.6 Å². The summed E-state index contributed by atoms with van der Waals surface area (Å²) in [7, 11) is 0. The van der Waals surface area contributed by atoms with Crippen molar-refractivity contribution in [2.24, 2.45) is 5.73 Å². The van der Waals surface area contributed by atoms with Crippen molar-refractivity contribution >= 4 is 33.1 Å². The molecule has 0 aliphatic carbocycles. The van der Waals surface area contributed by atoms with E-state index in [9.17, 15) is 0 Å². The van der Waals surface area contributed by atoms with E-state index in [4.69, 9.17) is 22.7 Å². The number of halogens is 1. The number of ether oxygens (including phenoxy) is 1. The van der Waals surface area contributed by atoms with E-state index in [1.54, 1.807) is 0 Å². The van der Waals surface area contributed by atoms with Crippen molar-refractivity contribution in [3.63, 3.8) is 0 Å². The van der Waals surface area contributed by atoms with E-state index in [0.29, 0.717) is 10.9 Å². The van der Waals surface area contributed by atoms with Crippen molar-refractivity contribution in [3.8, 4) is 11.5 Å². The SMILES string of the molecule is Cc1ccc(C(C)C)cc1Oc1ccc(C(N)=S)c(Br)c1. The highest BCUT2D eigenvalue weighted by atomic mass is 79.9. The van der Waals surface area contributed by atoms with Gasteiger partial charge in [-0.15, -0.1) is 0 Å². The van der Waals surface area contributed by atoms with Crippen molar-refractivity contribution in [2.75, 3.05) is 0 Å². The smallest absolute Gasteiger partial charge is 0.130 e. The molecule has 110 valence electrons. The molecule has 2 N–H and O–H groups in total. The van der Waals surface area contributed by atoms with Gasteiger partial charge < -0.3 is 10.5 Å². The number of benzene rings is 2. The van der Waals surface area contributed by atoms with Gasteiger partial charge in [0, 0.05) is 10.0 Å². The maximum Gasteiger partial charge on any atom is 0.130 e. The van der Waals surface area contributed by atoms with Gasteiger partial charge in [-0.2, -0.15) is 0 Å². The summed E-state index contributed by atoms with van der Waals surface area (Å²) in [6.07, 6.45) is 0. The third-order valence-electron chi connectivity index (χ3n) is 3.31. The molecule has 0 saturated carbocycles. The molecule has 2 aromatic rings. The van der Waals surface area contributed by atoms with Gasteiger partial charge in [-0.05, 0) is 64.2 Å². The number of hydrogen-bond donors (Lipinski definition) is 1. The molecular weight excluding hydrogens is 346 g/mol. The summed E-state index contributed by atoms with van der Waals surface area (Å²) >= 11 is 8.47. The van der Waals surface area contributed by atoms with Gasteiger partial charge in [-0.3, -0.25) is 0 Å². The van der Waals surface area contributed by atoms with Gasteiger partial charge in [0.15, 0.2) is 0 Å². The highest BCUT2D eigenvalue weighted by Gasteiger charge is 2.08. The maximum atomic E-state index is 6.00. The highest BCUT2D eigenvalue weighted by molar-refractivity contribution is 9.10. The van der Waals surface area contributed by atoms with Gasteiger partial charge in [0.25, 0.3) is 0 Å². The van der Waals surface area contributed by atoms with E-state index < -0.39 is 0 Å². The molecular formula is C17H18BrNOS. The number of nitrogens with two attached hydrogens (primary N) is 1. The van der Waals surface area contributed by atoms with Gasteiger partial charge >= 0.3 is 0 Å². The summed E-state index contributed by atoms with van der Waals surface area (Å²) in [5.41, 5.74) is 8.83. The first kappa shape index (κ1) is 16.0. The average Bonchev–Trinajstić information content (AvgIpc) is 2.40. The van der Waals surface area contributed by atoms with Crippen LogP contribution in [0.2, 0.25) is 0 Å². The Kier molecular flexibility index (Phi) is 5.01. The minimum atomic E-state index is 0.367. The number of aryl methyl sites for hydroxylation is 1. The Morgan fingerprint density at radius 3 is 2.48 bits per heavy atom. The Morgan fingerprint density at radius 1 is 1.19 bits per heavy atom. The summed E-state index contributed by atoms with van der Waals surface area (Å²) in [5, 5.41) is 0.